The predicted molar refractivity (Wildman–Crippen MR) is 106 cm³/mol. The summed E-state index contributed by atoms with van der Waals surface area (Å²) < 4.78 is 31.0. The van der Waals surface area contributed by atoms with E-state index in [1.807, 2.05) is 31.5 Å². The lowest BCUT2D eigenvalue weighted by atomic mass is 10.3. The lowest BCUT2D eigenvalue weighted by Gasteiger charge is -2.08. The van der Waals surface area contributed by atoms with E-state index in [0.29, 0.717) is 11.4 Å². The molecule has 0 amide bonds. The second kappa shape index (κ2) is 6.59. The molecule has 0 aliphatic carbocycles. The summed E-state index contributed by atoms with van der Waals surface area (Å²) in [7, 11) is -1.83. The normalized spacial score (nSPS) is 11.7. The number of hydrogen-bond acceptors (Lipinski definition) is 4. The van der Waals surface area contributed by atoms with Crippen molar-refractivity contribution in [2.75, 3.05) is 4.72 Å². The topological polar surface area (TPSA) is 64.0 Å². The van der Waals surface area contributed by atoms with Crippen molar-refractivity contribution in [2.24, 2.45) is 7.05 Å². The molecule has 1 aromatic carbocycles. The van der Waals surface area contributed by atoms with Crippen molar-refractivity contribution in [3.8, 4) is 10.7 Å². The standard InChI is InChI=1S/C17H18BrN3O2S2/c1-10-12(3)24-17(19-10)15-9-16(11(2)21(15)4)25(22,23)20-14-7-5-6-13(18)8-14/h5-9,20H,1-4H3. The zero-order chi connectivity index (χ0) is 18.4. The molecule has 132 valence electrons. The van der Waals surface area contributed by atoms with Gasteiger partial charge in [-0.05, 0) is 45.0 Å². The van der Waals surface area contributed by atoms with E-state index in [1.54, 1.807) is 42.5 Å². The fourth-order valence-corrected chi connectivity index (χ4v) is 5.20. The van der Waals surface area contributed by atoms with Crippen molar-refractivity contribution < 1.29 is 8.42 Å². The molecule has 2 heterocycles. The first-order chi connectivity index (χ1) is 11.7. The Bertz CT molecular complexity index is 1030. The van der Waals surface area contributed by atoms with Gasteiger partial charge in [-0.25, -0.2) is 13.4 Å². The van der Waals surface area contributed by atoms with E-state index in [0.717, 1.165) is 25.7 Å². The Morgan fingerprint density at radius 2 is 1.92 bits per heavy atom. The third kappa shape index (κ3) is 3.51. The molecular formula is C17H18BrN3O2S2. The minimum Gasteiger partial charge on any atom is -0.345 e. The third-order valence-electron chi connectivity index (χ3n) is 4.10. The van der Waals surface area contributed by atoms with E-state index in [1.165, 1.54) is 0 Å². The van der Waals surface area contributed by atoms with Gasteiger partial charge in [0.15, 0.2) is 0 Å². The number of hydrogen-bond donors (Lipinski definition) is 1. The smallest absolute Gasteiger partial charge is 0.263 e. The number of nitrogens with one attached hydrogen (secondary N) is 1. The Kier molecular flexibility index (Phi) is 4.78. The van der Waals surface area contributed by atoms with Crippen molar-refractivity contribution in [3.05, 3.63) is 51.1 Å². The first-order valence-corrected chi connectivity index (χ1v) is 10.7. The lowest BCUT2D eigenvalue weighted by Crippen LogP contribution is -2.13. The molecule has 0 saturated carbocycles. The van der Waals surface area contributed by atoms with Gasteiger partial charge in [0.05, 0.1) is 11.4 Å². The number of aromatic nitrogens is 2. The predicted octanol–water partition coefficient (Wildman–Crippen LogP) is 4.64. The van der Waals surface area contributed by atoms with Gasteiger partial charge in [-0.3, -0.25) is 4.72 Å². The first-order valence-electron chi connectivity index (χ1n) is 7.58. The molecule has 0 saturated heterocycles. The fraction of sp³-hybridized carbons (Fsp3) is 0.235. The van der Waals surface area contributed by atoms with Crippen LogP contribution in [0.2, 0.25) is 0 Å². The number of rotatable bonds is 4. The fourth-order valence-electron chi connectivity index (χ4n) is 2.49. The van der Waals surface area contributed by atoms with Crippen LogP contribution >= 0.6 is 27.3 Å². The maximum Gasteiger partial charge on any atom is 0.263 e. The van der Waals surface area contributed by atoms with E-state index in [-0.39, 0.29) is 4.90 Å². The molecule has 3 rings (SSSR count). The van der Waals surface area contributed by atoms with Gasteiger partial charge in [-0.15, -0.1) is 11.3 Å². The number of aryl methyl sites for hydroxylation is 2. The Labute approximate surface area is 159 Å². The van der Waals surface area contributed by atoms with Gasteiger partial charge in [0, 0.05) is 27.8 Å². The molecule has 3 aromatic rings. The average molecular weight is 440 g/mol. The highest BCUT2D eigenvalue weighted by molar-refractivity contribution is 9.10. The van der Waals surface area contributed by atoms with E-state index in [9.17, 15) is 8.42 Å². The summed E-state index contributed by atoms with van der Waals surface area (Å²) in [6, 6.07) is 8.76. The number of benzene rings is 1. The van der Waals surface area contributed by atoms with Crippen LogP contribution in [0.15, 0.2) is 39.7 Å². The zero-order valence-corrected chi connectivity index (χ0v) is 17.5. The molecule has 0 spiro atoms. The average Bonchev–Trinajstić information content (AvgIpc) is 3.00. The van der Waals surface area contributed by atoms with Crippen molar-refractivity contribution in [2.45, 2.75) is 25.7 Å². The quantitative estimate of drug-likeness (QED) is 0.643. The molecule has 0 radical (unpaired) electrons. The van der Waals surface area contributed by atoms with E-state index < -0.39 is 10.0 Å². The van der Waals surface area contributed by atoms with Gasteiger partial charge in [-0.2, -0.15) is 0 Å². The molecule has 5 nitrogen and oxygen atoms in total. The van der Waals surface area contributed by atoms with Crippen LogP contribution in [0.3, 0.4) is 0 Å². The molecule has 0 fully saturated rings. The van der Waals surface area contributed by atoms with Crippen LogP contribution in [0.5, 0.6) is 0 Å². The van der Waals surface area contributed by atoms with Gasteiger partial charge >= 0.3 is 0 Å². The Hall–Kier alpha value is -1.64. The minimum absolute atomic E-state index is 0.260. The number of sulfonamides is 1. The highest BCUT2D eigenvalue weighted by Crippen LogP contribution is 2.32. The number of nitrogens with zero attached hydrogens (tertiary/aromatic N) is 2. The van der Waals surface area contributed by atoms with Crippen LogP contribution in [0.1, 0.15) is 16.3 Å². The minimum atomic E-state index is -3.69. The largest absolute Gasteiger partial charge is 0.345 e. The SMILES string of the molecule is Cc1nc(-c2cc(S(=O)(=O)Nc3cccc(Br)c3)c(C)n2C)sc1C. The first kappa shape index (κ1) is 18.2. The maximum absolute atomic E-state index is 12.8. The molecule has 0 bridgehead atoms. The maximum atomic E-state index is 12.8. The van der Waals surface area contributed by atoms with Gasteiger partial charge in [-0.1, -0.05) is 22.0 Å². The van der Waals surface area contributed by atoms with Crippen molar-refractivity contribution in [1.82, 2.24) is 9.55 Å². The van der Waals surface area contributed by atoms with Gasteiger partial charge in [0.2, 0.25) is 0 Å². The van der Waals surface area contributed by atoms with Gasteiger partial charge in [0.25, 0.3) is 10.0 Å². The monoisotopic (exact) mass is 439 g/mol. The molecule has 0 aliphatic heterocycles. The molecule has 0 aliphatic rings. The van der Waals surface area contributed by atoms with Crippen LogP contribution in [-0.2, 0) is 17.1 Å². The summed E-state index contributed by atoms with van der Waals surface area (Å²) in [5, 5.41) is 0.824. The van der Waals surface area contributed by atoms with E-state index >= 15 is 0 Å². The van der Waals surface area contributed by atoms with Crippen molar-refractivity contribution in [3.63, 3.8) is 0 Å². The van der Waals surface area contributed by atoms with Crippen LogP contribution in [0.25, 0.3) is 10.7 Å². The number of anilines is 1. The summed E-state index contributed by atoms with van der Waals surface area (Å²) in [5.74, 6) is 0. The Balaban J connectivity index is 2.04. The highest BCUT2D eigenvalue weighted by atomic mass is 79.9. The van der Waals surface area contributed by atoms with Crippen molar-refractivity contribution in [1.29, 1.82) is 0 Å². The second-order valence-electron chi connectivity index (χ2n) is 5.81. The lowest BCUT2D eigenvalue weighted by molar-refractivity contribution is 0.600. The number of thiazole rings is 1. The summed E-state index contributed by atoms with van der Waals surface area (Å²) in [4.78, 5) is 5.94. The second-order valence-corrected chi connectivity index (χ2v) is 9.58. The van der Waals surface area contributed by atoms with E-state index in [4.69, 9.17) is 0 Å². The Morgan fingerprint density at radius 3 is 2.52 bits per heavy atom. The van der Waals surface area contributed by atoms with Crippen LogP contribution < -0.4 is 4.72 Å². The third-order valence-corrected chi connectivity index (χ3v) is 7.19. The van der Waals surface area contributed by atoms with Crippen LogP contribution in [0.4, 0.5) is 5.69 Å². The highest BCUT2D eigenvalue weighted by Gasteiger charge is 2.23. The summed E-state index contributed by atoms with van der Waals surface area (Å²) in [6.45, 7) is 5.77. The summed E-state index contributed by atoms with van der Waals surface area (Å²) in [6.07, 6.45) is 0. The molecule has 1 N–H and O–H groups in total. The van der Waals surface area contributed by atoms with Crippen molar-refractivity contribution >= 4 is 43.0 Å². The van der Waals surface area contributed by atoms with Gasteiger partial charge in [0.1, 0.15) is 9.90 Å². The summed E-state index contributed by atoms with van der Waals surface area (Å²) in [5.41, 5.74) is 2.95. The zero-order valence-electron chi connectivity index (χ0n) is 14.3. The molecule has 2 aromatic heterocycles. The molecule has 0 atom stereocenters. The van der Waals surface area contributed by atoms with Crippen LogP contribution in [0, 0.1) is 20.8 Å². The summed E-state index contributed by atoms with van der Waals surface area (Å²) >= 11 is 4.92. The van der Waals surface area contributed by atoms with Crippen LogP contribution in [-0.4, -0.2) is 18.0 Å². The molecule has 25 heavy (non-hydrogen) atoms. The number of halogens is 1. The van der Waals surface area contributed by atoms with Gasteiger partial charge < -0.3 is 4.57 Å². The molecule has 0 unspecified atom stereocenters. The van der Waals surface area contributed by atoms with E-state index in [2.05, 4.69) is 25.6 Å². The molecule has 8 heteroatoms. The molecular weight excluding hydrogens is 422 g/mol. The Morgan fingerprint density at radius 1 is 1.20 bits per heavy atom.